The number of hydrogen-bond donors (Lipinski definition) is 1. The van der Waals surface area contributed by atoms with E-state index < -0.39 is 4.92 Å². The molecule has 0 amide bonds. The van der Waals surface area contributed by atoms with E-state index in [0.29, 0.717) is 23.0 Å². The minimum atomic E-state index is -0.413. The van der Waals surface area contributed by atoms with Crippen LogP contribution in [-0.4, -0.2) is 16.5 Å². The third-order valence-electron chi connectivity index (χ3n) is 2.99. The van der Waals surface area contributed by atoms with Gasteiger partial charge in [0.15, 0.2) is 0 Å². The van der Waals surface area contributed by atoms with Gasteiger partial charge in [-0.1, -0.05) is 6.07 Å². The Hall–Kier alpha value is -2.63. The molecular weight excluding hydrogens is 270 g/mol. The molecule has 0 fully saturated rings. The molecule has 0 unspecified atom stereocenters. The summed E-state index contributed by atoms with van der Waals surface area (Å²) in [5.74, 6) is 1.54. The first kappa shape index (κ1) is 14.8. The number of hydrogen-bond acceptors (Lipinski definition) is 5. The summed E-state index contributed by atoms with van der Waals surface area (Å²) in [5.41, 5.74) is 1.48. The van der Waals surface area contributed by atoms with Gasteiger partial charge in [0.2, 0.25) is 5.88 Å². The zero-order chi connectivity index (χ0) is 15.4. The number of nitro groups is 1. The molecule has 0 spiro atoms. The van der Waals surface area contributed by atoms with E-state index in [4.69, 9.17) is 4.74 Å². The summed E-state index contributed by atoms with van der Waals surface area (Å²) in [7, 11) is 0. The number of nitro benzene ring substituents is 1. The van der Waals surface area contributed by atoms with Crippen LogP contribution in [0.3, 0.4) is 0 Å². The van der Waals surface area contributed by atoms with Crippen molar-refractivity contribution in [1.29, 1.82) is 0 Å². The quantitative estimate of drug-likeness (QED) is 0.668. The van der Waals surface area contributed by atoms with Crippen LogP contribution < -0.4 is 10.1 Å². The van der Waals surface area contributed by atoms with Gasteiger partial charge in [0.1, 0.15) is 11.6 Å². The highest BCUT2D eigenvalue weighted by Crippen LogP contribution is 2.31. The Bertz CT molecular complexity index is 671. The third-order valence-corrected chi connectivity index (χ3v) is 2.99. The lowest BCUT2D eigenvalue weighted by molar-refractivity contribution is -0.385. The first-order valence-corrected chi connectivity index (χ1v) is 6.65. The first-order chi connectivity index (χ1) is 10.0. The van der Waals surface area contributed by atoms with Crippen LogP contribution in [0.1, 0.15) is 18.1 Å². The van der Waals surface area contributed by atoms with Crippen LogP contribution in [0.2, 0.25) is 0 Å². The Morgan fingerprint density at radius 3 is 2.71 bits per heavy atom. The zero-order valence-corrected chi connectivity index (χ0v) is 12.2. The summed E-state index contributed by atoms with van der Waals surface area (Å²) in [6.45, 7) is 6.29. The van der Waals surface area contributed by atoms with Crippen molar-refractivity contribution in [3.05, 3.63) is 51.6 Å². The van der Waals surface area contributed by atoms with E-state index in [1.807, 2.05) is 26.0 Å². The Kier molecular flexibility index (Phi) is 4.37. The van der Waals surface area contributed by atoms with Crippen molar-refractivity contribution in [2.24, 2.45) is 0 Å². The van der Waals surface area contributed by atoms with Crippen molar-refractivity contribution in [2.45, 2.75) is 20.8 Å². The van der Waals surface area contributed by atoms with E-state index in [0.717, 1.165) is 12.1 Å². The molecule has 1 heterocycles. The van der Waals surface area contributed by atoms with Crippen molar-refractivity contribution in [3.8, 4) is 11.6 Å². The summed E-state index contributed by atoms with van der Waals surface area (Å²) in [6.07, 6.45) is 0. The van der Waals surface area contributed by atoms with Gasteiger partial charge >= 0.3 is 0 Å². The number of anilines is 1. The number of aromatic nitrogens is 1. The summed E-state index contributed by atoms with van der Waals surface area (Å²) in [5, 5.41) is 14.1. The molecule has 0 saturated heterocycles. The molecule has 21 heavy (non-hydrogen) atoms. The van der Waals surface area contributed by atoms with E-state index in [2.05, 4.69) is 10.3 Å². The minimum absolute atomic E-state index is 0.0402. The van der Waals surface area contributed by atoms with Crippen LogP contribution in [0.15, 0.2) is 30.3 Å². The molecule has 1 N–H and O–H groups in total. The molecule has 0 bridgehead atoms. The number of nitrogens with one attached hydrogen (secondary N) is 1. The zero-order valence-electron chi connectivity index (χ0n) is 12.2. The largest absolute Gasteiger partial charge is 0.438 e. The average Bonchev–Trinajstić information content (AvgIpc) is 2.42. The van der Waals surface area contributed by atoms with Gasteiger partial charge in [0, 0.05) is 18.2 Å². The Labute approximate surface area is 122 Å². The molecule has 110 valence electrons. The number of ether oxygens (including phenoxy) is 1. The second-order valence-corrected chi connectivity index (χ2v) is 4.65. The van der Waals surface area contributed by atoms with Gasteiger partial charge in [-0.25, -0.2) is 0 Å². The molecule has 1 aromatic carbocycles. The van der Waals surface area contributed by atoms with E-state index in [-0.39, 0.29) is 5.69 Å². The van der Waals surface area contributed by atoms with E-state index in [9.17, 15) is 10.1 Å². The standard InChI is InChI=1S/C15H17N3O3/c1-4-16-14-6-5-7-15(17-14)21-13-9-12(18(19)20)10(2)8-11(13)3/h5-9H,4H2,1-3H3,(H,16,17). The van der Waals surface area contributed by atoms with Crippen molar-refractivity contribution < 1.29 is 9.66 Å². The predicted molar refractivity (Wildman–Crippen MR) is 81.0 cm³/mol. The fourth-order valence-corrected chi connectivity index (χ4v) is 1.99. The Morgan fingerprint density at radius 1 is 1.29 bits per heavy atom. The van der Waals surface area contributed by atoms with E-state index in [1.165, 1.54) is 6.07 Å². The molecule has 2 rings (SSSR count). The van der Waals surface area contributed by atoms with Crippen molar-refractivity contribution in [3.63, 3.8) is 0 Å². The maximum Gasteiger partial charge on any atom is 0.276 e. The number of nitrogens with zero attached hydrogens (tertiary/aromatic N) is 2. The minimum Gasteiger partial charge on any atom is -0.438 e. The molecule has 6 heteroatoms. The van der Waals surface area contributed by atoms with Gasteiger partial charge in [-0.05, 0) is 38.5 Å². The van der Waals surface area contributed by atoms with Crippen LogP contribution >= 0.6 is 0 Å². The van der Waals surface area contributed by atoms with Gasteiger partial charge in [-0.2, -0.15) is 4.98 Å². The Morgan fingerprint density at radius 2 is 2.05 bits per heavy atom. The highest BCUT2D eigenvalue weighted by molar-refractivity contribution is 5.51. The lowest BCUT2D eigenvalue weighted by atomic mass is 10.1. The Balaban J connectivity index is 2.33. The molecule has 0 radical (unpaired) electrons. The average molecular weight is 287 g/mol. The van der Waals surface area contributed by atoms with Crippen LogP contribution in [-0.2, 0) is 0 Å². The molecule has 0 saturated carbocycles. The fraction of sp³-hybridized carbons (Fsp3) is 0.267. The molecule has 1 aromatic heterocycles. The lowest BCUT2D eigenvalue weighted by Crippen LogP contribution is -2.00. The molecule has 2 aromatic rings. The maximum absolute atomic E-state index is 11.0. The van der Waals surface area contributed by atoms with Crippen LogP contribution in [0.5, 0.6) is 11.6 Å². The molecule has 6 nitrogen and oxygen atoms in total. The van der Waals surface area contributed by atoms with Crippen LogP contribution in [0.4, 0.5) is 11.5 Å². The van der Waals surface area contributed by atoms with Crippen molar-refractivity contribution in [2.75, 3.05) is 11.9 Å². The number of aryl methyl sites for hydroxylation is 2. The second kappa shape index (κ2) is 6.21. The topological polar surface area (TPSA) is 77.3 Å². The van der Waals surface area contributed by atoms with Gasteiger partial charge < -0.3 is 10.1 Å². The number of benzene rings is 1. The highest BCUT2D eigenvalue weighted by atomic mass is 16.6. The van der Waals surface area contributed by atoms with Gasteiger partial charge in [-0.3, -0.25) is 10.1 Å². The first-order valence-electron chi connectivity index (χ1n) is 6.65. The predicted octanol–water partition coefficient (Wildman–Crippen LogP) is 3.83. The molecule has 0 aliphatic carbocycles. The van der Waals surface area contributed by atoms with Crippen LogP contribution in [0.25, 0.3) is 0 Å². The normalized spacial score (nSPS) is 10.2. The smallest absolute Gasteiger partial charge is 0.276 e. The summed E-state index contributed by atoms with van der Waals surface area (Å²) in [4.78, 5) is 14.9. The van der Waals surface area contributed by atoms with Gasteiger partial charge in [0.25, 0.3) is 5.69 Å². The van der Waals surface area contributed by atoms with Crippen molar-refractivity contribution in [1.82, 2.24) is 4.98 Å². The summed E-state index contributed by atoms with van der Waals surface area (Å²) < 4.78 is 5.69. The summed E-state index contributed by atoms with van der Waals surface area (Å²) >= 11 is 0. The van der Waals surface area contributed by atoms with E-state index in [1.54, 1.807) is 19.1 Å². The third kappa shape index (κ3) is 3.47. The van der Waals surface area contributed by atoms with Gasteiger partial charge in [0.05, 0.1) is 11.0 Å². The summed E-state index contributed by atoms with van der Waals surface area (Å²) in [6, 6.07) is 8.54. The monoisotopic (exact) mass is 287 g/mol. The number of rotatable bonds is 5. The van der Waals surface area contributed by atoms with Crippen LogP contribution in [0, 0.1) is 24.0 Å². The maximum atomic E-state index is 11.0. The van der Waals surface area contributed by atoms with E-state index >= 15 is 0 Å². The van der Waals surface area contributed by atoms with Gasteiger partial charge in [-0.15, -0.1) is 0 Å². The number of pyridine rings is 1. The SMILES string of the molecule is CCNc1cccc(Oc2cc([N+](=O)[O-])c(C)cc2C)n1. The lowest BCUT2D eigenvalue weighted by Gasteiger charge is -2.10. The fourth-order valence-electron chi connectivity index (χ4n) is 1.99. The molecule has 0 atom stereocenters. The highest BCUT2D eigenvalue weighted by Gasteiger charge is 2.15. The second-order valence-electron chi connectivity index (χ2n) is 4.65. The molecular formula is C15H17N3O3. The van der Waals surface area contributed by atoms with Crippen molar-refractivity contribution >= 4 is 11.5 Å². The molecule has 0 aliphatic heterocycles. The molecule has 0 aliphatic rings.